The molecule has 108 valence electrons. The molecular formula is C16H16N2O3. The van der Waals surface area contributed by atoms with E-state index in [1.165, 1.54) is 4.57 Å². The molecule has 21 heavy (non-hydrogen) atoms. The summed E-state index contributed by atoms with van der Waals surface area (Å²) in [6.07, 6.45) is 7.63. The molecule has 0 fully saturated rings. The summed E-state index contributed by atoms with van der Waals surface area (Å²) in [6.45, 7) is 0. The Labute approximate surface area is 122 Å². The van der Waals surface area contributed by atoms with Gasteiger partial charge in [-0.25, -0.2) is 0 Å². The lowest BCUT2D eigenvalue weighted by Crippen LogP contribution is -2.32. The fourth-order valence-electron chi connectivity index (χ4n) is 2.24. The maximum atomic E-state index is 12.2. The number of para-hydroxylation sites is 1. The number of carbonyl (C=O) groups excluding carboxylic acids is 1. The molecule has 1 atom stereocenters. The number of terminal acetylenes is 1. The van der Waals surface area contributed by atoms with E-state index in [2.05, 4.69) is 5.92 Å². The first-order valence-corrected chi connectivity index (χ1v) is 6.58. The van der Waals surface area contributed by atoms with Crippen LogP contribution < -0.4 is 5.73 Å². The van der Waals surface area contributed by atoms with E-state index in [0.29, 0.717) is 6.42 Å². The van der Waals surface area contributed by atoms with Crippen molar-refractivity contribution in [2.75, 3.05) is 0 Å². The van der Waals surface area contributed by atoms with Gasteiger partial charge in [0.25, 0.3) is 0 Å². The maximum Gasteiger partial charge on any atom is 0.320 e. The molecule has 1 heterocycles. The van der Waals surface area contributed by atoms with Crippen LogP contribution in [0.3, 0.4) is 0 Å². The minimum atomic E-state index is -1.06. The summed E-state index contributed by atoms with van der Waals surface area (Å²) >= 11 is 0. The summed E-state index contributed by atoms with van der Waals surface area (Å²) in [4.78, 5) is 23.1. The largest absolute Gasteiger partial charge is 0.480 e. The van der Waals surface area contributed by atoms with Crippen LogP contribution in [0.25, 0.3) is 10.9 Å². The van der Waals surface area contributed by atoms with E-state index in [1.807, 2.05) is 24.3 Å². The predicted octanol–water partition coefficient (Wildman–Crippen LogP) is 1.65. The van der Waals surface area contributed by atoms with E-state index in [9.17, 15) is 9.59 Å². The number of fused-ring (bicyclic) bond motifs is 1. The van der Waals surface area contributed by atoms with Crippen LogP contribution >= 0.6 is 0 Å². The van der Waals surface area contributed by atoms with Crippen molar-refractivity contribution in [2.24, 2.45) is 5.73 Å². The third-order valence-electron chi connectivity index (χ3n) is 3.30. The molecule has 0 aliphatic heterocycles. The highest BCUT2D eigenvalue weighted by molar-refractivity contribution is 5.94. The number of hydrogen-bond acceptors (Lipinski definition) is 3. The van der Waals surface area contributed by atoms with Crippen molar-refractivity contribution in [1.82, 2.24) is 4.57 Å². The Kier molecular flexibility index (Phi) is 4.41. The third kappa shape index (κ3) is 3.12. The standard InChI is InChI=1S/C16H16N2O3/c1-2-3-8-15(19)18-10-11(9-13(17)16(20)21)12-6-4-5-7-14(12)18/h1,4-7,10,13H,3,8-9,17H2,(H,20,21). The summed E-state index contributed by atoms with van der Waals surface area (Å²) in [6, 6.07) is 6.34. The van der Waals surface area contributed by atoms with Crippen LogP contribution in [0.1, 0.15) is 23.2 Å². The van der Waals surface area contributed by atoms with Gasteiger partial charge in [-0.15, -0.1) is 12.3 Å². The molecule has 0 aliphatic carbocycles. The summed E-state index contributed by atoms with van der Waals surface area (Å²) in [7, 11) is 0. The van der Waals surface area contributed by atoms with Crippen LogP contribution in [0, 0.1) is 12.3 Å². The van der Waals surface area contributed by atoms with Gasteiger partial charge in [-0.1, -0.05) is 18.2 Å². The smallest absolute Gasteiger partial charge is 0.320 e. The fourth-order valence-corrected chi connectivity index (χ4v) is 2.24. The number of benzene rings is 1. The second-order valence-electron chi connectivity index (χ2n) is 4.79. The number of carboxylic acid groups (broad SMARTS) is 1. The van der Waals surface area contributed by atoms with Crippen LogP contribution in [0.2, 0.25) is 0 Å². The summed E-state index contributed by atoms with van der Waals surface area (Å²) in [5.41, 5.74) is 7.07. The first-order valence-electron chi connectivity index (χ1n) is 6.58. The van der Waals surface area contributed by atoms with Crippen LogP contribution in [0.15, 0.2) is 30.5 Å². The van der Waals surface area contributed by atoms with Gasteiger partial charge in [0, 0.05) is 30.8 Å². The molecule has 2 aromatic rings. The Bertz CT molecular complexity index is 725. The van der Waals surface area contributed by atoms with Crippen LogP contribution in [0.5, 0.6) is 0 Å². The monoisotopic (exact) mass is 284 g/mol. The summed E-state index contributed by atoms with van der Waals surface area (Å²) in [5.74, 6) is 1.26. The molecule has 5 heteroatoms. The Morgan fingerprint density at radius 3 is 2.76 bits per heavy atom. The fraction of sp³-hybridized carbons (Fsp3) is 0.250. The third-order valence-corrected chi connectivity index (χ3v) is 3.30. The molecule has 5 nitrogen and oxygen atoms in total. The highest BCUT2D eigenvalue weighted by atomic mass is 16.4. The molecule has 0 radical (unpaired) electrons. The van der Waals surface area contributed by atoms with Gasteiger partial charge in [0.1, 0.15) is 6.04 Å². The molecular weight excluding hydrogens is 268 g/mol. The Balaban J connectivity index is 2.41. The first kappa shape index (κ1) is 14.8. The lowest BCUT2D eigenvalue weighted by Gasteiger charge is -2.04. The van der Waals surface area contributed by atoms with E-state index in [1.54, 1.807) is 6.20 Å². The molecule has 0 bridgehead atoms. The van der Waals surface area contributed by atoms with Gasteiger partial charge in [0.15, 0.2) is 0 Å². The number of aliphatic carboxylic acids is 1. The average Bonchev–Trinajstić information content (AvgIpc) is 2.84. The predicted molar refractivity (Wildman–Crippen MR) is 79.9 cm³/mol. The molecule has 2 rings (SSSR count). The number of nitrogens with zero attached hydrogens (tertiary/aromatic N) is 1. The molecule has 0 spiro atoms. The van der Waals surface area contributed by atoms with Gasteiger partial charge in [-0.05, 0) is 11.6 Å². The van der Waals surface area contributed by atoms with E-state index < -0.39 is 12.0 Å². The number of nitrogens with two attached hydrogens (primary N) is 1. The van der Waals surface area contributed by atoms with E-state index in [4.69, 9.17) is 17.3 Å². The van der Waals surface area contributed by atoms with Crippen LogP contribution in [0.4, 0.5) is 0 Å². The Hall–Kier alpha value is -2.58. The average molecular weight is 284 g/mol. The van der Waals surface area contributed by atoms with Crippen molar-refractivity contribution in [2.45, 2.75) is 25.3 Å². The van der Waals surface area contributed by atoms with E-state index in [0.717, 1.165) is 16.5 Å². The van der Waals surface area contributed by atoms with Gasteiger partial charge in [0.05, 0.1) is 5.52 Å². The quantitative estimate of drug-likeness (QED) is 0.817. The van der Waals surface area contributed by atoms with Crippen molar-refractivity contribution >= 4 is 22.8 Å². The van der Waals surface area contributed by atoms with Gasteiger partial charge >= 0.3 is 5.97 Å². The highest BCUT2D eigenvalue weighted by Gasteiger charge is 2.18. The van der Waals surface area contributed by atoms with Crippen molar-refractivity contribution in [3.8, 4) is 12.3 Å². The minimum absolute atomic E-state index is 0.112. The zero-order valence-electron chi connectivity index (χ0n) is 11.5. The number of carbonyl (C=O) groups is 2. The molecule has 0 amide bonds. The number of carboxylic acids is 1. The molecule has 1 aromatic heterocycles. The van der Waals surface area contributed by atoms with Crippen LogP contribution in [-0.4, -0.2) is 27.6 Å². The molecule has 3 N–H and O–H groups in total. The zero-order chi connectivity index (χ0) is 15.4. The minimum Gasteiger partial charge on any atom is -0.480 e. The van der Waals surface area contributed by atoms with Gasteiger partial charge in [-0.2, -0.15) is 0 Å². The van der Waals surface area contributed by atoms with Crippen molar-refractivity contribution in [3.05, 3.63) is 36.0 Å². The molecule has 1 unspecified atom stereocenters. The first-order chi connectivity index (χ1) is 10.0. The van der Waals surface area contributed by atoms with Gasteiger partial charge in [0.2, 0.25) is 5.91 Å². The normalized spacial score (nSPS) is 12.0. The number of hydrogen-bond donors (Lipinski definition) is 2. The van der Waals surface area contributed by atoms with E-state index >= 15 is 0 Å². The Morgan fingerprint density at radius 2 is 2.10 bits per heavy atom. The van der Waals surface area contributed by atoms with Gasteiger partial charge < -0.3 is 10.8 Å². The number of rotatable bonds is 5. The van der Waals surface area contributed by atoms with E-state index in [-0.39, 0.29) is 18.7 Å². The highest BCUT2D eigenvalue weighted by Crippen LogP contribution is 2.23. The topological polar surface area (TPSA) is 85.3 Å². The SMILES string of the molecule is C#CCCC(=O)n1cc(CC(N)C(=O)O)c2ccccc21. The summed E-state index contributed by atoms with van der Waals surface area (Å²) in [5, 5.41) is 9.76. The lowest BCUT2D eigenvalue weighted by atomic mass is 10.1. The number of aromatic nitrogens is 1. The summed E-state index contributed by atoms with van der Waals surface area (Å²) < 4.78 is 1.52. The Morgan fingerprint density at radius 1 is 1.38 bits per heavy atom. The molecule has 0 aliphatic rings. The molecule has 0 saturated carbocycles. The van der Waals surface area contributed by atoms with Crippen molar-refractivity contribution in [3.63, 3.8) is 0 Å². The van der Waals surface area contributed by atoms with Crippen LogP contribution in [-0.2, 0) is 11.2 Å². The second-order valence-corrected chi connectivity index (χ2v) is 4.79. The van der Waals surface area contributed by atoms with Crippen molar-refractivity contribution < 1.29 is 14.7 Å². The second kappa shape index (κ2) is 6.25. The molecule has 1 aromatic carbocycles. The molecule has 0 saturated heterocycles. The van der Waals surface area contributed by atoms with Gasteiger partial charge in [-0.3, -0.25) is 14.2 Å². The zero-order valence-corrected chi connectivity index (χ0v) is 11.5. The maximum absolute atomic E-state index is 12.2. The lowest BCUT2D eigenvalue weighted by molar-refractivity contribution is -0.138. The van der Waals surface area contributed by atoms with Crippen molar-refractivity contribution in [1.29, 1.82) is 0 Å².